The Morgan fingerprint density at radius 2 is 1.84 bits per heavy atom. The summed E-state index contributed by atoms with van der Waals surface area (Å²) in [6.45, 7) is 10.9. The first-order valence-corrected chi connectivity index (χ1v) is 7.40. The van der Waals surface area contributed by atoms with Crippen LogP contribution in [0, 0.1) is 19.8 Å². The van der Waals surface area contributed by atoms with Crippen molar-refractivity contribution in [3.63, 3.8) is 0 Å². The molecule has 19 heavy (non-hydrogen) atoms. The van der Waals surface area contributed by atoms with Crippen LogP contribution >= 0.6 is 0 Å². The average Bonchev–Trinajstić information content (AvgIpc) is 2.39. The fraction of sp³-hybridized carbons (Fsp3) is 0.647. The van der Waals surface area contributed by atoms with Crippen molar-refractivity contribution in [2.45, 2.75) is 46.6 Å². The van der Waals surface area contributed by atoms with Gasteiger partial charge in [-0.3, -0.25) is 0 Å². The van der Waals surface area contributed by atoms with E-state index in [1.165, 1.54) is 23.1 Å². The summed E-state index contributed by atoms with van der Waals surface area (Å²) in [7, 11) is 1.78. The lowest BCUT2D eigenvalue weighted by Crippen LogP contribution is -2.29. The fourth-order valence-corrected chi connectivity index (χ4v) is 2.68. The van der Waals surface area contributed by atoms with Gasteiger partial charge in [0, 0.05) is 19.8 Å². The van der Waals surface area contributed by atoms with Crippen molar-refractivity contribution < 1.29 is 4.74 Å². The topological polar surface area (TPSA) is 21.3 Å². The fourth-order valence-electron chi connectivity index (χ4n) is 2.68. The molecule has 1 rings (SSSR count). The van der Waals surface area contributed by atoms with E-state index >= 15 is 0 Å². The van der Waals surface area contributed by atoms with Crippen LogP contribution in [0.25, 0.3) is 0 Å². The molecule has 1 N–H and O–H groups in total. The first-order chi connectivity index (χ1) is 9.11. The third-order valence-corrected chi connectivity index (χ3v) is 3.81. The monoisotopic (exact) mass is 263 g/mol. The Balaban J connectivity index is 2.95. The molecule has 2 nitrogen and oxygen atoms in total. The summed E-state index contributed by atoms with van der Waals surface area (Å²) >= 11 is 0. The average molecular weight is 263 g/mol. The summed E-state index contributed by atoms with van der Waals surface area (Å²) in [6.07, 6.45) is 2.25. The van der Waals surface area contributed by atoms with Crippen molar-refractivity contribution in [2.75, 3.05) is 20.3 Å². The standard InChI is InChI=1S/C17H29NO/c1-6-11-18-17(15(4)10-12-19-5)16-13(2)8-7-9-14(16)3/h7-9,15,17-18H,6,10-12H2,1-5H3. The van der Waals surface area contributed by atoms with Gasteiger partial charge in [-0.15, -0.1) is 0 Å². The molecule has 0 spiro atoms. The van der Waals surface area contributed by atoms with Crippen LogP contribution in [-0.2, 0) is 4.74 Å². The highest BCUT2D eigenvalue weighted by Crippen LogP contribution is 2.29. The predicted molar refractivity (Wildman–Crippen MR) is 82.6 cm³/mol. The molecule has 0 amide bonds. The molecule has 0 saturated heterocycles. The van der Waals surface area contributed by atoms with E-state index in [1.54, 1.807) is 7.11 Å². The van der Waals surface area contributed by atoms with Crippen molar-refractivity contribution in [3.8, 4) is 0 Å². The quantitative estimate of drug-likeness (QED) is 0.765. The van der Waals surface area contributed by atoms with Gasteiger partial charge in [-0.2, -0.15) is 0 Å². The maximum absolute atomic E-state index is 5.24. The summed E-state index contributed by atoms with van der Waals surface area (Å²) < 4.78 is 5.24. The van der Waals surface area contributed by atoms with Crippen LogP contribution in [0.2, 0.25) is 0 Å². The number of nitrogens with one attached hydrogen (secondary N) is 1. The number of hydrogen-bond donors (Lipinski definition) is 1. The van der Waals surface area contributed by atoms with E-state index in [9.17, 15) is 0 Å². The van der Waals surface area contributed by atoms with E-state index in [4.69, 9.17) is 4.74 Å². The summed E-state index contributed by atoms with van der Waals surface area (Å²) in [6, 6.07) is 7.00. The van der Waals surface area contributed by atoms with E-state index in [2.05, 4.69) is 51.2 Å². The second-order valence-electron chi connectivity index (χ2n) is 5.50. The van der Waals surface area contributed by atoms with Crippen molar-refractivity contribution in [1.29, 1.82) is 0 Å². The molecule has 0 saturated carbocycles. The van der Waals surface area contributed by atoms with Crippen molar-refractivity contribution in [1.82, 2.24) is 5.32 Å². The zero-order chi connectivity index (χ0) is 14.3. The van der Waals surface area contributed by atoms with E-state index in [-0.39, 0.29) is 0 Å². The summed E-state index contributed by atoms with van der Waals surface area (Å²) in [5.74, 6) is 0.575. The van der Waals surface area contributed by atoms with Gasteiger partial charge in [0.2, 0.25) is 0 Å². The minimum atomic E-state index is 0.427. The second-order valence-corrected chi connectivity index (χ2v) is 5.50. The molecule has 0 heterocycles. The highest BCUT2D eigenvalue weighted by atomic mass is 16.5. The molecule has 2 unspecified atom stereocenters. The normalized spacial score (nSPS) is 14.4. The lowest BCUT2D eigenvalue weighted by atomic mass is 9.86. The van der Waals surface area contributed by atoms with E-state index < -0.39 is 0 Å². The first-order valence-electron chi connectivity index (χ1n) is 7.40. The van der Waals surface area contributed by atoms with Gasteiger partial charge in [0.15, 0.2) is 0 Å². The number of ether oxygens (including phenoxy) is 1. The van der Waals surface area contributed by atoms with E-state index in [0.717, 1.165) is 19.6 Å². The largest absolute Gasteiger partial charge is 0.385 e. The molecule has 0 fully saturated rings. The van der Waals surface area contributed by atoms with Crippen LogP contribution in [-0.4, -0.2) is 20.3 Å². The van der Waals surface area contributed by atoms with Crippen LogP contribution in [0.1, 0.15) is 49.4 Å². The molecule has 2 heteroatoms. The van der Waals surface area contributed by atoms with Gasteiger partial charge in [0.1, 0.15) is 0 Å². The minimum Gasteiger partial charge on any atom is -0.385 e. The molecule has 0 radical (unpaired) electrons. The Morgan fingerprint density at radius 1 is 1.21 bits per heavy atom. The molecule has 0 aliphatic heterocycles. The van der Waals surface area contributed by atoms with Crippen LogP contribution in [0.3, 0.4) is 0 Å². The van der Waals surface area contributed by atoms with Crippen LogP contribution in [0.5, 0.6) is 0 Å². The number of rotatable bonds is 8. The smallest absolute Gasteiger partial charge is 0.0465 e. The lowest BCUT2D eigenvalue weighted by molar-refractivity contribution is 0.170. The van der Waals surface area contributed by atoms with Crippen molar-refractivity contribution >= 4 is 0 Å². The highest BCUT2D eigenvalue weighted by molar-refractivity contribution is 5.36. The molecule has 0 bridgehead atoms. The number of benzene rings is 1. The zero-order valence-corrected chi connectivity index (χ0v) is 13.1. The highest BCUT2D eigenvalue weighted by Gasteiger charge is 2.21. The van der Waals surface area contributed by atoms with Crippen LogP contribution < -0.4 is 5.32 Å². The molecule has 1 aromatic rings. The van der Waals surface area contributed by atoms with Crippen LogP contribution in [0.4, 0.5) is 0 Å². The Bertz CT molecular complexity index is 355. The maximum atomic E-state index is 5.24. The second kappa shape index (κ2) is 8.34. The SMILES string of the molecule is CCCNC(c1c(C)cccc1C)C(C)CCOC. The van der Waals surface area contributed by atoms with Gasteiger partial charge in [-0.1, -0.05) is 32.0 Å². The maximum Gasteiger partial charge on any atom is 0.0465 e. The Morgan fingerprint density at radius 3 is 2.37 bits per heavy atom. The van der Waals surface area contributed by atoms with Gasteiger partial charge in [-0.25, -0.2) is 0 Å². The molecule has 0 aliphatic rings. The molecule has 108 valence electrons. The minimum absolute atomic E-state index is 0.427. The van der Waals surface area contributed by atoms with Crippen molar-refractivity contribution in [2.24, 2.45) is 5.92 Å². The lowest BCUT2D eigenvalue weighted by Gasteiger charge is -2.28. The number of methoxy groups -OCH3 is 1. The molecular formula is C17H29NO. The Kier molecular flexibility index (Phi) is 7.11. The Labute approximate surface area is 118 Å². The predicted octanol–water partition coefficient (Wildman–Crippen LogP) is 4.02. The molecule has 0 aromatic heterocycles. The van der Waals surface area contributed by atoms with E-state index in [0.29, 0.717) is 12.0 Å². The Hall–Kier alpha value is -0.860. The third-order valence-electron chi connectivity index (χ3n) is 3.81. The van der Waals surface area contributed by atoms with Crippen LogP contribution in [0.15, 0.2) is 18.2 Å². The zero-order valence-electron chi connectivity index (χ0n) is 13.1. The molecule has 0 aliphatic carbocycles. The van der Waals surface area contributed by atoms with Gasteiger partial charge < -0.3 is 10.1 Å². The summed E-state index contributed by atoms with van der Waals surface area (Å²) in [5.41, 5.74) is 4.25. The van der Waals surface area contributed by atoms with Gasteiger partial charge in [-0.05, 0) is 55.8 Å². The van der Waals surface area contributed by atoms with Crippen molar-refractivity contribution in [3.05, 3.63) is 34.9 Å². The molecular weight excluding hydrogens is 234 g/mol. The van der Waals surface area contributed by atoms with Gasteiger partial charge in [0.05, 0.1) is 0 Å². The van der Waals surface area contributed by atoms with Gasteiger partial charge >= 0.3 is 0 Å². The number of aryl methyl sites for hydroxylation is 2. The molecule has 2 atom stereocenters. The summed E-state index contributed by atoms with van der Waals surface area (Å²) in [5, 5.41) is 3.72. The third kappa shape index (κ3) is 4.63. The summed E-state index contributed by atoms with van der Waals surface area (Å²) in [4.78, 5) is 0. The first kappa shape index (κ1) is 16.2. The van der Waals surface area contributed by atoms with Gasteiger partial charge in [0.25, 0.3) is 0 Å². The van der Waals surface area contributed by atoms with E-state index in [1.807, 2.05) is 0 Å². The number of hydrogen-bond acceptors (Lipinski definition) is 2. The molecule has 1 aromatic carbocycles.